The Hall–Kier alpha value is -3.00. The van der Waals surface area contributed by atoms with Gasteiger partial charge in [0.05, 0.1) is 25.9 Å². The molecule has 2 aliphatic rings. The number of halogens is 6. The monoisotopic (exact) mass is 537 g/mol. The molecular formula is C23H25F6N3O5. The number of aromatic nitrogens is 2. The number of fused-ring (bicyclic) bond motifs is 2. The van der Waals surface area contributed by atoms with E-state index in [1.54, 1.807) is 18.2 Å². The average molecular weight is 537 g/mol. The third-order valence-electron chi connectivity index (χ3n) is 5.71. The smallest absolute Gasteiger partial charge is 0.411 e. The lowest BCUT2D eigenvalue weighted by Gasteiger charge is -2.26. The molecule has 2 aromatic rings. The number of nitrogens with one attached hydrogen (secondary N) is 1. The summed E-state index contributed by atoms with van der Waals surface area (Å²) in [6.07, 6.45) is -7.93. The van der Waals surface area contributed by atoms with Crippen LogP contribution in [-0.2, 0) is 29.0 Å². The number of hydrogen-bond donors (Lipinski definition) is 1. The van der Waals surface area contributed by atoms with Crippen LogP contribution < -0.4 is 14.8 Å². The van der Waals surface area contributed by atoms with E-state index < -0.39 is 37.5 Å². The number of hydrogen-bond acceptors (Lipinski definition) is 6. The lowest BCUT2D eigenvalue weighted by atomic mass is 10.0. The van der Waals surface area contributed by atoms with Crippen molar-refractivity contribution in [3.05, 3.63) is 41.1 Å². The summed E-state index contributed by atoms with van der Waals surface area (Å²) in [7, 11) is 0. The van der Waals surface area contributed by atoms with E-state index in [-0.39, 0.29) is 38.0 Å². The number of alkyl halides is 6. The second-order valence-corrected chi connectivity index (χ2v) is 8.92. The van der Waals surface area contributed by atoms with Gasteiger partial charge in [0.15, 0.2) is 5.69 Å². The van der Waals surface area contributed by atoms with Gasteiger partial charge in [-0.2, -0.15) is 31.4 Å². The summed E-state index contributed by atoms with van der Waals surface area (Å²) < 4.78 is 95.9. The molecule has 2 atom stereocenters. The number of nitrogens with zero attached hydrogens (tertiary/aromatic N) is 2. The molecule has 1 aromatic carbocycles. The Morgan fingerprint density at radius 1 is 1.05 bits per heavy atom. The first-order chi connectivity index (χ1) is 17.4. The predicted octanol–water partition coefficient (Wildman–Crippen LogP) is 3.67. The molecule has 1 amide bonds. The van der Waals surface area contributed by atoms with Crippen molar-refractivity contribution in [3.63, 3.8) is 0 Å². The third kappa shape index (κ3) is 7.99. The summed E-state index contributed by atoms with van der Waals surface area (Å²) in [5.41, 5.74) is 1.39. The zero-order valence-corrected chi connectivity index (χ0v) is 19.5. The molecule has 1 N–H and O–H groups in total. The fourth-order valence-electron chi connectivity index (χ4n) is 4.03. The van der Waals surface area contributed by atoms with E-state index in [2.05, 4.69) is 10.4 Å². The van der Waals surface area contributed by atoms with Gasteiger partial charge in [-0.25, -0.2) is 4.68 Å². The molecule has 37 heavy (non-hydrogen) atoms. The standard InChI is InChI=1S/C23H25F6N3O5/c24-22(25,26)12-34-8-14-1-2-19-16(5-14)6-17(11-36-19)30-21(33)18-7-20-32(31-18)4-3-15(10-37-20)9-35-13-23(27,28)29/h1-2,5,7,15,17H,3-4,6,8-13H2,(H,30,33)/t15-,17-/m1/s1. The molecule has 3 heterocycles. The first-order valence-electron chi connectivity index (χ1n) is 11.5. The topological polar surface area (TPSA) is 83.8 Å². The molecule has 4 rings (SSSR count). The number of carbonyl (C=O) groups excluding carboxylic acids is 1. The van der Waals surface area contributed by atoms with Crippen molar-refractivity contribution >= 4 is 5.91 Å². The Labute approximate surface area is 207 Å². The van der Waals surface area contributed by atoms with Gasteiger partial charge in [-0.05, 0) is 36.1 Å². The average Bonchev–Trinajstić information content (AvgIpc) is 3.13. The highest BCUT2D eigenvalue weighted by Crippen LogP contribution is 2.27. The van der Waals surface area contributed by atoms with Crippen molar-refractivity contribution in [1.29, 1.82) is 0 Å². The van der Waals surface area contributed by atoms with Crippen LogP contribution in [0.5, 0.6) is 11.6 Å². The number of amides is 1. The van der Waals surface area contributed by atoms with Crippen LogP contribution in [0.2, 0.25) is 0 Å². The van der Waals surface area contributed by atoms with Crippen LogP contribution in [0.25, 0.3) is 0 Å². The van der Waals surface area contributed by atoms with E-state index in [1.807, 2.05) is 0 Å². The molecule has 8 nitrogen and oxygen atoms in total. The van der Waals surface area contributed by atoms with Crippen molar-refractivity contribution in [3.8, 4) is 11.6 Å². The summed E-state index contributed by atoms with van der Waals surface area (Å²) in [6.45, 7) is -2.29. The zero-order chi connectivity index (χ0) is 26.6. The largest absolute Gasteiger partial charge is 0.491 e. The Kier molecular flexibility index (Phi) is 8.17. The van der Waals surface area contributed by atoms with Gasteiger partial charge in [-0.1, -0.05) is 6.07 Å². The van der Waals surface area contributed by atoms with Gasteiger partial charge < -0.3 is 24.3 Å². The van der Waals surface area contributed by atoms with E-state index >= 15 is 0 Å². The fourth-order valence-corrected chi connectivity index (χ4v) is 4.03. The predicted molar refractivity (Wildman–Crippen MR) is 115 cm³/mol. The molecule has 0 aliphatic carbocycles. The second kappa shape index (κ2) is 11.2. The van der Waals surface area contributed by atoms with Gasteiger partial charge in [0.25, 0.3) is 5.91 Å². The summed E-state index contributed by atoms with van der Waals surface area (Å²) in [4.78, 5) is 12.8. The normalized spacial score (nSPS) is 19.7. The Bertz CT molecular complexity index is 1060. The van der Waals surface area contributed by atoms with Crippen molar-refractivity contribution in [2.75, 3.05) is 33.0 Å². The van der Waals surface area contributed by atoms with Crippen molar-refractivity contribution in [2.45, 2.75) is 44.4 Å². The van der Waals surface area contributed by atoms with Gasteiger partial charge in [0.1, 0.15) is 25.6 Å². The number of aryl methyl sites for hydroxylation is 1. The molecular weight excluding hydrogens is 512 g/mol. The van der Waals surface area contributed by atoms with Gasteiger partial charge in [-0.15, -0.1) is 0 Å². The van der Waals surface area contributed by atoms with Crippen LogP contribution in [0.3, 0.4) is 0 Å². The lowest BCUT2D eigenvalue weighted by Crippen LogP contribution is -2.43. The van der Waals surface area contributed by atoms with E-state index in [9.17, 15) is 31.1 Å². The number of benzene rings is 1. The van der Waals surface area contributed by atoms with E-state index in [0.29, 0.717) is 36.6 Å². The molecule has 0 saturated carbocycles. The first-order valence-corrected chi connectivity index (χ1v) is 11.5. The fraction of sp³-hybridized carbons (Fsp3) is 0.565. The highest BCUT2D eigenvalue weighted by Gasteiger charge is 2.30. The summed E-state index contributed by atoms with van der Waals surface area (Å²) in [5, 5.41) is 7.08. The molecule has 204 valence electrons. The molecule has 0 bridgehead atoms. The minimum Gasteiger partial charge on any atom is -0.491 e. The summed E-state index contributed by atoms with van der Waals surface area (Å²) >= 11 is 0. The maximum Gasteiger partial charge on any atom is 0.411 e. The van der Waals surface area contributed by atoms with Crippen LogP contribution in [0, 0.1) is 5.92 Å². The second-order valence-electron chi connectivity index (χ2n) is 8.92. The molecule has 14 heteroatoms. The van der Waals surface area contributed by atoms with E-state index in [0.717, 1.165) is 5.56 Å². The molecule has 0 fully saturated rings. The Morgan fingerprint density at radius 2 is 1.81 bits per heavy atom. The number of rotatable bonds is 8. The first kappa shape index (κ1) is 27.0. The van der Waals surface area contributed by atoms with E-state index in [1.165, 1.54) is 10.7 Å². The zero-order valence-electron chi connectivity index (χ0n) is 19.5. The van der Waals surface area contributed by atoms with Crippen LogP contribution in [0.1, 0.15) is 28.0 Å². The molecule has 0 saturated heterocycles. The van der Waals surface area contributed by atoms with Crippen LogP contribution in [0.15, 0.2) is 24.3 Å². The maximum atomic E-state index is 12.8. The van der Waals surface area contributed by atoms with Crippen LogP contribution in [-0.4, -0.2) is 67.1 Å². The molecule has 0 spiro atoms. The maximum absolute atomic E-state index is 12.8. The van der Waals surface area contributed by atoms with Gasteiger partial charge in [0.2, 0.25) is 5.88 Å². The van der Waals surface area contributed by atoms with Crippen molar-refractivity contribution < 1.29 is 50.1 Å². The van der Waals surface area contributed by atoms with Crippen LogP contribution >= 0.6 is 0 Å². The molecule has 0 unspecified atom stereocenters. The van der Waals surface area contributed by atoms with Gasteiger partial charge in [-0.3, -0.25) is 4.79 Å². The van der Waals surface area contributed by atoms with E-state index in [4.69, 9.17) is 18.9 Å². The molecule has 1 aromatic heterocycles. The van der Waals surface area contributed by atoms with Gasteiger partial charge in [0, 0.05) is 18.5 Å². The lowest BCUT2D eigenvalue weighted by molar-refractivity contribution is -0.177. The van der Waals surface area contributed by atoms with Crippen molar-refractivity contribution in [2.24, 2.45) is 5.92 Å². The number of ether oxygens (including phenoxy) is 4. The highest BCUT2D eigenvalue weighted by atomic mass is 19.4. The Morgan fingerprint density at radius 3 is 2.57 bits per heavy atom. The highest BCUT2D eigenvalue weighted by molar-refractivity contribution is 5.92. The summed E-state index contributed by atoms with van der Waals surface area (Å²) in [6, 6.07) is 6.03. The van der Waals surface area contributed by atoms with Gasteiger partial charge >= 0.3 is 12.4 Å². The third-order valence-corrected chi connectivity index (χ3v) is 5.71. The molecule has 0 radical (unpaired) electrons. The van der Waals surface area contributed by atoms with Crippen molar-refractivity contribution in [1.82, 2.24) is 15.1 Å². The Balaban J connectivity index is 1.28. The molecule has 2 aliphatic heterocycles. The quantitative estimate of drug-likeness (QED) is 0.518. The summed E-state index contributed by atoms with van der Waals surface area (Å²) in [5.74, 6) is 0.207. The number of carbonyl (C=O) groups is 1. The SMILES string of the molecule is O=C(N[C@H]1COc2ccc(COCC(F)(F)F)cc2C1)c1cc2n(n1)CC[C@H](COCC(F)(F)F)CO2. The minimum atomic E-state index is -4.41. The van der Waals surface area contributed by atoms with Crippen LogP contribution in [0.4, 0.5) is 26.3 Å². The minimum absolute atomic E-state index is 0.100.